The van der Waals surface area contributed by atoms with Crippen LogP contribution in [-0.2, 0) is 13.2 Å². The summed E-state index contributed by atoms with van der Waals surface area (Å²) >= 11 is 0. The summed E-state index contributed by atoms with van der Waals surface area (Å²) in [6, 6.07) is 12.7. The van der Waals surface area contributed by atoms with Gasteiger partial charge in [-0.3, -0.25) is 15.0 Å². The van der Waals surface area contributed by atoms with Crippen LogP contribution in [0.5, 0.6) is 0 Å². The number of nitro benzene ring substituents is 1. The molecule has 0 aliphatic carbocycles. The highest BCUT2D eigenvalue weighted by atomic mass is 19.1. The zero-order valence-electron chi connectivity index (χ0n) is 14.2. The maximum Gasteiger partial charge on any atom is 0.270 e. The Balaban J connectivity index is 1.72. The summed E-state index contributed by atoms with van der Waals surface area (Å²) in [5, 5.41) is 15.3. The van der Waals surface area contributed by atoms with E-state index in [1.54, 1.807) is 29.2 Å². The van der Waals surface area contributed by atoms with E-state index >= 15 is 0 Å². The summed E-state index contributed by atoms with van der Waals surface area (Å²) in [7, 11) is 0. The Labute approximate surface area is 149 Å². The predicted molar refractivity (Wildman–Crippen MR) is 94.6 cm³/mol. The maximum absolute atomic E-state index is 13.3. The molecule has 0 unspecified atom stereocenters. The molecule has 0 amide bonds. The van der Waals surface area contributed by atoms with Crippen molar-refractivity contribution in [2.75, 3.05) is 6.54 Å². The monoisotopic (exact) mass is 355 g/mol. The van der Waals surface area contributed by atoms with Gasteiger partial charge in [0.1, 0.15) is 12.1 Å². The number of non-ortho nitro benzene ring substituents is 1. The lowest BCUT2D eigenvalue weighted by atomic mass is 10.2. The molecule has 0 saturated carbocycles. The van der Waals surface area contributed by atoms with E-state index in [1.807, 2.05) is 13.0 Å². The van der Waals surface area contributed by atoms with Crippen molar-refractivity contribution in [2.24, 2.45) is 0 Å². The van der Waals surface area contributed by atoms with Crippen LogP contribution in [0.15, 0.2) is 54.9 Å². The van der Waals surface area contributed by atoms with E-state index in [1.165, 1.54) is 24.3 Å². The molecule has 1 heterocycles. The molecule has 2 aromatic carbocycles. The molecule has 0 aliphatic rings. The zero-order valence-corrected chi connectivity index (χ0v) is 14.2. The number of benzene rings is 2. The summed E-state index contributed by atoms with van der Waals surface area (Å²) in [5.74, 6) is 0.169. The molecule has 3 aromatic rings. The fourth-order valence-corrected chi connectivity index (χ4v) is 2.61. The first kappa shape index (κ1) is 17.7. The van der Waals surface area contributed by atoms with E-state index in [-0.39, 0.29) is 11.5 Å². The van der Waals surface area contributed by atoms with Gasteiger partial charge in [0.25, 0.3) is 5.69 Å². The lowest BCUT2D eigenvalue weighted by Crippen LogP contribution is -2.26. The molecular formula is C18H18FN5O2. The Hall–Kier alpha value is -3.13. The number of nitro groups is 1. The summed E-state index contributed by atoms with van der Waals surface area (Å²) in [5.41, 5.74) is 1.47. The molecule has 134 valence electrons. The Bertz CT molecular complexity index is 912. The molecule has 0 radical (unpaired) electrons. The van der Waals surface area contributed by atoms with Crippen molar-refractivity contribution in [1.29, 1.82) is 0 Å². The Morgan fingerprint density at radius 2 is 2.04 bits per heavy atom. The lowest BCUT2D eigenvalue weighted by Gasteiger charge is -2.20. The predicted octanol–water partition coefficient (Wildman–Crippen LogP) is 3.47. The summed E-state index contributed by atoms with van der Waals surface area (Å²) in [6.07, 6.45) is 1.59. The van der Waals surface area contributed by atoms with Crippen molar-refractivity contribution >= 4 is 5.69 Å². The van der Waals surface area contributed by atoms with Crippen LogP contribution < -0.4 is 0 Å². The highest BCUT2D eigenvalue weighted by molar-refractivity contribution is 5.58. The van der Waals surface area contributed by atoms with Gasteiger partial charge in [-0.1, -0.05) is 31.2 Å². The zero-order chi connectivity index (χ0) is 18.5. The minimum Gasteiger partial charge on any atom is -0.280 e. The second kappa shape index (κ2) is 7.83. The van der Waals surface area contributed by atoms with Gasteiger partial charge >= 0.3 is 0 Å². The summed E-state index contributed by atoms with van der Waals surface area (Å²) < 4.78 is 15.0. The minimum atomic E-state index is -0.446. The van der Waals surface area contributed by atoms with Gasteiger partial charge in [0.15, 0.2) is 5.82 Å². The molecule has 0 saturated heterocycles. The molecule has 26 heavy (non-hydrogen) atoms. The highest BCUT2D eigenvalue weighted by Crippen LogP contribution is 2.20. The average molecular weight is 355 g/mol. The van der Waals surface area contributed by atoms with Crippen molar-refractivity contribution in [1.82, 2.24) is 19.7 Å². The van der Waals surface area contributed by atoms with Crippen LogP contribution in [0.4, 0.5) is 10.1 Å². The van der Waals surface area contributed by atoms with Crippen molar-refractivity contribution in [2.45, 2.75) is 20.1 Å². The third-order valence-electron chi connectivity index (χ3n) is 3.94. The Morgan fingerprint density at radius 1 is 1.23 bits per heavy atom. The Morgan fingerprint density at radius 3 is 2.77 bits per heavy atom. The maximum atomic E-state index is 13.3. The highest BCUT2D eigenvalue weighted by Gasteiger charge is 2.12. The number of hydrogen-bond acceptors (Lipinski definition) is 5. The van der Waals surface area contributed by atoms with Crippen molar-refractivity contribution < 1.29 is 9.31 Å². The normalized spacial score (nSPS) is 11.0. The second-order valence-corrected chi connectivity index (χ2v) is 5.83. The Kier molecular flexibility index (Phi) is 5.33. The molecule has 0 spiro atoms. The van der Waals surface area contributed by atoms with Gasteiger partial charge in [-0.15, -0.1) is 5.10 Å². The molecule has 8 heteroatoms. The van der Waals surface area contributed by atoms with E-state index in [0.29, 0.717) is 24.6 Å². The van der Waals surface area contributed by atoms with E-state index in [2.05, 4.69) is 15.0 Å². The lowest BCUT2D eigenvalue weighted by molar-refractivity contribution is -0.384. The first-order valence-corrected chi connectivity index (χ1v) is 8.16. The number of halogens is 1. The molecule has 0 N–H and O–H groups in total. The molecule has 0 fully saturated rings. The molecule has 0 atom stereocenters. The summed E-state index contributed by atoms with van der Waals surface area (Å²) in [6.45, 7) is 3.83. The largest absolute Gasteiger partial charge is 0.280 e. The number of nitrogens with zero attached hydrogens (tertiary/aromatic N) is 5. The molecule has 1 aromatic heterocycles. The van der Waals surface area contributed by atoms with Crippen molar-refractivity contribution in [3.8, 4) is 11.4 Å². The van der Waals surface area contributed by atoms with Gasteiger partial charge in [-0.25, -0.2) is 14.1 Å². The third-order valence-corrected chi connectivity index (χ3v) is 3.94. The molecule has 3 rings (SSSR count). The average Bonchev–Trinajstić information content (AvgIpc) is 3.10. The summed E-state index contributed by atoms with van der Waals surface area (Å²) in [4.78, 5) is 16.8. The standard InChI is InChI=1S/C18H18FN5O2/c1-2-22(11-14-5-3-7-16(19)9-14)13-23-12-20-18(21-23)15-6-4-8-17(10-15)24(25)26/h3-10,12H,2,11,13H2,1H3. The van der Waals surface area contributed by atoms with Gasteiger partial charge in [-0.05, 0) is 24.2 Å². The van der Waals surface area contributed by atoms with Gasteiger partial charge < -0.3 is 0 Å². The van der Waals surface area contributed by atoms with Crippen molar-refractivity contribution in [3.63, 3.8) is 0 Å². The fraction of sp³-hybridized carbons (Fsp3) is 0.222. The van der Waals surface area contributed by atoms with E-state index in [0.717, 1.165) is 12.1 Å². The van der Waals surface area contributed by atoms with Crippen LogP contribution in [0.2, 0.25) is 0 Å². The number of aromatic nitrogens is 3. The molecule has 7 nitrogen and oxygen atoms in total. The van der Waals surface area contributed by atoms with E-state index < -0.39 is 4.92 Å². The number of rotatable bonds is 7. The second-order valence-electron chi connectivity index (χ2n) is 5.83. The van der Waals surface area contributed by atoms with Crippen LogP contribution in [-0.4, -0.2) is 31.1 Å². The molecular weight excluding hydrogens is 337 g/mol. The third kappa shape index (κ3) is 4.28. The number of hydrogen-bond donors (Lipinski definition) is 0. The van der Waals surface area contributed by atoms with E-state index in [4.69, 9.17) is 0 Å². The van der Waals surface area contributed by atoms with Crippen LogP contribution in [0.3, 0.4) is 0 Å². The smallest absolute Gasteiger partial charge is 0.270 e. The van der Waals surface area contributed by atoms with E-state index in [9.17, 15) is 14.5 Å². The molecule has 0 aliphatic heterocycles. The van der Waals surface area contributed by atoms with Gasteiger partial charge in [-0.2, -0.15) is 0 Å². The van der Waals surface area contributed by atoms with Crippen molar-refractivity contribution in [3.05, 3.63) is 76.4 Å². The first-order chi connectivity index (χ1) is 12.5. The van der Waals surface area contributed by atoms with Crippen LogP contribution in [0, 0.1) is 15.9 Å². The first-order valence-electron chi connectivity index (χ1n) is 8.16. The fourth-order valence-electron chi connectivity index (χ4n) is 2.61. The van der Waals surface area contributed by atoms with Gasteiger partial charge in [0.05, 0.1) is 11.6 Å². The SMILES string of the molecule is CCN(Cc1cccc(F)c1)Cn1cnc(-c2cccc([N+](=O)[O-])c2)n1. The topological polar surface area (TPSA) is 77.1 Å². The van der Waals surface area contributed by atoms with Crippen LogP contribution in [0.25, 0.3) is 11.4 Å². The molecule has 0 bridgehead atoms. The van der Waals surface area contributed by atoms with Gasteiger partial charge in [0.2, 0.25) is 0 Å². The van der Waals surface area contributed by atoms with Gasteiger partial charge in [0, 0.05) is 24.2 Å². The van der Waals surface area contributed by atoms with Crippen LogP contribution in [0.1, 0.15) is 12.5 Å². The minimum absolute atomic E-state index is 0.000129. The van der Waals surface area contributed by atoms with Crippen LogP contribution >= 0.6 is 0 Å². The quantitative estimate of drug-likeness (QED) is 0.479.